The molecule has 1 spiro atoms. The number of hydrogen-bond acceptors (Lipinski definition) is 3. The van der Waals surface area contributed by atoms with Crippen molar-refractivity contribution in [3.05, 3.63) is 33.8 Å². The van der Waals surface area contributed by atoms with E-state index in [1.165, 1.54) is 0 Å². The molecule has 2 fully saturated rings. The van der Waals surface area contributed by atoms with Crippen LogP contribution in [0, 0.1) is 0 Å². The van der Waals surface area contributed by atoms with Crippen molar-refractivity contribution in [1.82, 2.24) is 5.32 Å². The summed E-state index contributed by atoms with van der Waals surface area (Å²) in [4.78, 5) is 0. The molecule has 0 radical (unpaired) electrons. The molecule has 3 rings (SSSR count). The molecule has 0 saturated carbocycles. The van der Waals surface area contributed by atoms with Gasteiger partial charge in [0.15, 0.2) is 0 Å². The molecule has 20 heavy (non-hydrogen) atoms. The Morgan fingerprint density at radius 1 is 1.30 bits per heavy atom. The molecule has 0 aromatic heterocycles. The average molecular weight is 316 g/mol. The maximum Gasteiger partial charge on any atom is 0.0840 e. The van der Waals surface area contributed by atoms with Crippen LogP contribution in [0.3, 0.4) is 0 Å². The summed E-state index contributed by atoms with van der Waals surface area (Å²) in [5.74, 6) is 0. The number of benzene rings is 1. The molecule has 3 nitrogen and oxygen atoms in total. The fourth-order valence-corrected chi connectivity index (χ4v) is 3.37. The van der Waals surface area contributed by atoms with Gasteiger partial charge in [0.25, 0.3) is 0 Å². The summed E-state index contributed by atoms with van der Waals surface area (Å²) < 4.78 is 12.0. The van der Waals surface area contributed by atoms with E-state index in [0.29, 0.717) is 23.3 Å². The molecular formula is C15H19Cl2NO2. The van der Waals surface area contributed by atoms with Gasteiger partial charge < -0.3 is 14.8 Å². The Balaban J connectivity index is 1.56. The summed E-state index contributed by atoms with van der Waals surface area (Å²) in [5.41, 5.74) is 0.971. The number of piperidine rings is 1. The molecular weight excluding hydrogens is 297 g/mol. The van der Waals surface area contributed by atoms with Crippen molar-refractivity contribution in [3.8, 4) is 0 Å². The minimum absolute atomic E-state index is 0.0358. The Bertz CT molecular complexity index is 475. The molecule has 1 atom stereocenters. The van der Waals surface area contributed by atoms with Crippen LogP contribution in [0.4, 0.5) is 0 Å². The van der Waals surface area contributed by atoms with Crippen molar-refractivity contribution < 1.29 is 9.47 Å². The van der Waals surface area contributed by atoms with Gasteiger partial charge in [-0.1, -0.05) is 23.2 Å². The highest BCUT2D eigenvalue weighted by atomic mass is 35.5. The van der Waals surface area contributed by atoms with E-state index in [1.54, 1.807) is 6.07 Å². The largest absolute Gasteiger partial charge is 0.372 e. The second kappa shape index (κ2) is 6.20. The maximum absolute atomic E-state index is 6.15. The van der Waals surface area contributed by atoms with Gasteiger partial charge in [0.2, 0.25) is 0 Å². The zero-order valence-corrected chi connectivity index (χ0v) is 12.8. The summed E-state index contributed by atoms with van der Waals surface area (Å²) in [6.45, 7) is 3.24. The van der Waals surface area contributed by atoms with E-state index in [1.807, 2.05) is 12.1 Å². The van der Waals surface area contributed by atoms with Gasteiger partial charge in [-0.15, -0.1) is 0 Å². The number of halogens is 2. The highest BCUT2D eigenvalue weighted by Gasteiger charge is 2.41. The highest BCUT2D eigenvalue weighted by Crippen LogP contribution is 2.35. The molecule has 0 amide bonds. The highest BCUT2D eigenvalue weighted by molar-refractivity contribution is 6.33. The van der Waals surface area contributed by atoms with Crippen LogP contribution in [0.2, 0.25) is 10.0 Å². The number of rotatable bonds is 3. The van der Waals surface area contributed by atoms with Crippen LogP contribution >= 0.6 is 23.2 Å². The van der Waals surface area contributed by atoms with Crippen molar-refractivity contribution in [2.75, 3.05) is 19.7 Å². The first kappa shape index (κ1) is 14.6. The standard InChI is InChI=1S/C15H19Cl2NO2/c16-12-1-2-14(17)11(7-12)9-19-13-8-15(20-10-13)3-5-18-6-4-15/h1-2,7,13,18H,3-6,8-10H2. The first-order valence-electron chi connectivity index (χ1n) is 7.07. The first-order chi connectivity index (χ1) is 9.67. The lowest BCUT2D eigenvalue weighted by Gasteiger charge is -2.32. The minimum atomic E-state index is 0.0358. The molecule has 110 valence electrons. The fourth-order valence-electron chi connectivity index (χ4n) is 3.00. The maximum atomic E-state index is 6.15. The summed E-state index contributed by atoms with van der Waals surface area (Å²) >= 11 is 12.1. The number of nitrogens with one attached hydrogen (secondary N) is 1. The summed E-state index contributed by atoms with van der Waals surface area (Å²) in [6, 6.07) is 5.46. The lowest BCUT2D eigenvalue weighted by molar-refractivity contribution is -0.0240. The van der Waals surface area contributed by atoms with Crippen LogP contribution in [-0.4, -0.2) is 31.4 Å². The van der Waals surface area contributed by atoms with Crippen LogP contribution in [-0.2, 0) is 16.1 Å². The molecule has 2 aliphatic heterocycles. The topological polar surface area (TPSA) is 30.5 Å². The van der Waals surface area contributed by atoms with E-state index in [-0.39, 0.29) is 11.7 Å². The van der Waals surface area contributed by atoms with Crippen LogP contribution in [0.5, 0.6) is 0 Å². The minimum Gasteiger partial charge on any atom is -0.372 e. The van der Waals surface area contributed by atoms with Crippen LogP contribution < -0.4 is 5.32 Å². The van der Waals surface area contributed by atoms with E-state index >= 15 is 0 Å². The first-order valence-corrected chi connectivity index (χ1v) is 7.83. The third-order valence-electron chi connectivity index (χ3n) is 4.17. The van der Waals surface area contributed by atoms with Crippen molar-refractivity contribution in [3.63, 3.8) is 0 Å². The normalized spacial score (nSPS) is 25.2. The Labute approximate surface area is 129 Å². The Kier molecular flexibility index (Phi) is 4.53. The van der Waals surface area contributed by atoms with E-state index in [9.17, 15) is 0 Å². The third-order valence-corrected chi connectivity index (χ3v) is 4.78. The van der Waals surface area contributed by atoms with Gasteiger partial charge in [0, 0.05) is 16.5 Å². The smallest absolute Gasteiger partial charge is 0.0840 e. The van der Waals surface area contributed by atoms with Crippen molar-refractivity contribution >= 4 is 23.2 Å². The van der Waals surface area contributed by atoms with Crippen molar-refractivity contribution in [1.29, 1.82) is 0 Å². The van der Waals surface area contributed by atoms with E-state index in [2.05, 4.69) is 5.32 Å². The molecule has 1 aromatic carbocycles. The zero-order valence-electron chi connectivity index (χ0n) is 11.3. The van der Waals surface area contributed by atoms with Crippen LogP contribution in [0.1, 0.15) is 24.8 Å². The predicted octanol–water partition coefficient (Wildman–Crippen LogP) is 3.42. The lowest BCUT2D eigenvalue weighted by atomic mass is 9.89. The van der Waals surface area contributed by atoms with Gasteiger partial charge in [-0.3, -0.25) is 0 Å². The van der Waals surface area contributed by atoms with E-state index in [4.69, 9.17) is 32.7 Å². The Hall–Kier alpha value is -0.320. The average Bonchev–Trinajstić information content (AvgIpc) is 2.84. The second-order valence-electron chi connectivity index (χ2n) is 5.62. The SMILES string of the molecule is Clc1ccc(Cl)c(COC2COC3(CCNCC3)C2)c1. The monoisotopic (exact) mass is 315 g/mol. The predicted molar refractivity (Wildman–Crippen MR) is 80.4 cm³/mol. The van der Waals surface area contributed by atoms with E-state index in [0.717, 1.165) is 37.9 Å². The second-order valence-corrected chi connectivity index (χ2v) is 6.46. The fraction of sp³-hybridized carbons (Fsp3) is 0.600. The van der Waals surface area contributed by atoms with Crippen molar-refractivity contribution in [2.24, 2.45) is 0 Å². The zero-order chi connectivity index (χ0) is 14.0. The molecule has 1 unspecified atom stereocenters. The van der Waals surface area contributed by atoms with Gasteiger partial charge >= 0.3 is 0 Å². The molecule has 0 bridgehead atoms. The number of hydrogen-bond donors (Lipinski definition) is 1. The van der Waals surface area contributed by atoms with Crippen LogP contribution in [0.15, 0.2) is 18.2 Å². The Morgan fingerprint density at radius 3 is 2.90 bits per heavy atom. The van der Waals surface area contributed by atoms with Gasteiger partial charge in [0.1, 0.15) is 0 Å². The molecule has 1 aromatic rings. The quantitative estimate of drug-likeness (QED) is 0.927. The van der Waals surface area contributed by atoms with Gasteiger partial charge in [-0.2, -0.15) is 0 Å². The molecule has 1 N–H and O–H groups in total. The molecule has 0 aliphatic carbocycles. The summed E-state index contributed by atoms with van der Waals surface area (Å²) in [6.07, 6.45) is 3.28. The van der Waals surface area contributed by atoms with Gasteiger partial charge in [-0.25, -0.2) is 0 Å². The molecule has 5 heteroatoms. The van der Waals surface area contributed by atoms with Crippen molar-refractivity contribution in [2.45, 2.75) is 37.6 Å². The molecule has 2 aliphatic rings. The summed E-state index contributed by atoms with van der Waals surface area (Å²) in [7, 11) is 0. The summed E-state index contributed by atoms with van der Waals surface area (Å²) in [5, 5.41) is 4.75. The van der Waals surface area contributed by atoms with E-state index < -0.39 is 0 Å². The van der Waals surface area contributed by atoms with Gasteiger partial charge in [-0.05, 0) is 49.7 Å². The van der Waals surface area contributed by atoms with Gasteiger partial charge in [0.05, 0.1) is 24.9 Å². The molecule has 2 heterocycles. The lowest BCUT2D eigenvalue weighted by Crippen LogP contribution is -2.41. The Morgan fingerprint density at radius 2 is 2.10 bits per heavy atom. The molecule has 2 saturated heterocycles. The third kappa shape index (κ3) is 3.29. The van der Waals surface area contributed by atoms with Crippen LogP contribution in [0.25, 0.3) is 0 Å². The number of ether oxygens (including phenoxy) is 2.